The van der Waals surface area contributed by atoms with Crippen molar-refractivity contribution in [1.82, 2.24) is 10.6 Å². The van der Waals surface area contributed by atoms with Crippen molar-refractivity contribution in [3.05, 3.63) is 0 Å². The van der Waals surface area contributed by atoms with Crippen molar-refractivity contribution in [1.29, 1.82) is 0 Å². The summed E-state index contributed by atoms with van der Waals surface area (Å²) in [6.45, 7) is 5.39. The van der Waals surface area contributed by atoms with Crippen LogP contribution in [0.15, 0.2) is 0 Å². The highest BCUT2D eigenvalue weighted by atomic mass is 16.5. The maximum Gasteiger partial charge on any atom is 0.305 e. The largest absolute Gasteiger partial charge is 0.466 e. The molecule has 1 rings (SSSR count). The minimum atomic E-state index is -0.0794. The van der Waals surface area contributed by atoms with Crippen LogP contribution in [-0.4, -0.2) is 38.3 Å². The average Bonchev–Trinajstić information content (AvgIpc) is 2.28. The highest BCUT2D eigenvalue weighted by Crippen LogP contribution is 2.02. The van der Waals surface area contributed by atoms with Gasteiger partial charge in [0.1, 0.15) is 0 Å². The number of rotatable bonds is 6. The fourth-order valence-corrected chi connectivity index (χ4v) is 1.54. The molecule has 1 aliphatic rings. The molecule has 1 unspecified atom stereocenters. The molecule has 1 aliphatic heterocycles. The second-order valence-corrected chi connectivity index (χ2v) is 3.88. The van der Waals surface area contributed by atoms with Crippen molar-refractivity contribution < 1.29 is 9.53 Å². The van der Waals surface area contributed by atoms with E-state index >= 15 is 0 Å². The fraction of sp³-hybridized carbons (Fsp3) is 0.909. The van der Waals surface area contributed by atoms with E-state index in [2.05, 4.69) is 17.6 Å². The molecule has 1 N–H and O–H groups in total. The van der Waals surface area contributed by atoms with Crippen LogP contribution >= 0.6 is 0 Å². The Morgan fingerprint density at radius 2 is 2.47 bits per heavy atom. The summed E-state index contributed by atoms with van der Waals surface area (Å²) in [6, 6.07) is 0.303. The van der Waals surface area contributed by atoms with Crippen LogP contribution in [0, 0.1) is 0 Å². The Balaban J connectivity index is 2.00. The quantitative estimate of drug-likeness (QED) is 0.521. The van der Waals surface area contributed by atoms with Crippen LogP contribution in [0.25, 0.3) is 0 Å². The average molecular weight is 213 g/mol. The molecule has 87 valence electrons. The first-order chi connectivity index (χ1) is 7.33. The first-order valence-electron chi connectivity index (χ1n) is 5.86. The van der Waals surface area contributed by atoms with Gasteiger partial charge in [0, 0.05) is 32.1 Å². The summed E-state index contributed by atoms with van der Waals surface area (Å²) in [5, 5.41) is 7.69. The highest BCUT2D eigenvalue weighted by molar-refractivity contribution is 5.69. The summed E-state index contributed by atoms with van der Waals surface area (Å²) in [5.41, 5.74) is 0. The number of hydrogen-bond acceptors (Lipinski definition) is 3. The van der Waals surface area contributed by atoms with Crippen molar-refractivity contribution in [3.63, 3.8) is 0 Å². The molecule has 0 saturated carbocycles. The van der Waals surface area contributed by atoms with Gasteiger partial charge in [-0.25, -0.2) is 5.32 Å². The zero-order valence-electron chi connectivity index (χ0n) is 9.50. The van der Waals surface area contributed by atoms with Gasteiger partial charge in [-0.1, -0.05) is 13.3 Å². The smallest absolute Gasteiger partial charge is 0.305 e. The Bertz CT molecular complexity index is 179. The standard InChI is InChI=1S/C11H21N2O2/c1-2-3-8-15-11(14)5-4-10-9-12-6-7-13-10/h10,12H,2-9H2,1H3. The van der Waals surface area contributed by atoms with Crippen molar-refractivity contribution in [2.24, 2.45) is 0 Å². The summed E-state index contributed by atoms with van der Waals surface area (Å²) < 4.78 is 5.07. The van der Waals surface area contributed by atoms with Gasteiger partial charge in [0.2, 0.25) is 0 Å². The number of unbranched alkanes of at least 4 members (excludes halogenated alkanes) is 1. The number of hydrogen-bond donors (Lipinski definition) is 1. The second-order valence-electron chi connectivity index (χ2n) is 3.88. The predicted molar refractivity (Wildman–Crippen MR) is 58.8 cm³/mol. The van der Waals surface area contributed by atoms with Crippen LogP contribution in [0.5, 0.6) is 0 Å². The minimum Gasteiger partial charge on any atom is -0.466 e. The zero-order valence-corrected chi connectivity index (χ0v) is 9.50. The second kappa shape index (κ2) is 7.65. The van der Waals surface area contributed by atoms with Crippen molar-refractivity contribution in [2.45, 2.75) is 38.6 Å². The summed E-state index contributed by atoms with van der Waals surface area (Å²) >= 11 is 0. The van der Waals surface area contributed by atoms with E-state index in [9.17, 15) is 4.79 Å². The third-order valence-corrected chi connectivity index (χ3v) is 2.50. The molecule has 1 atom stereocenters. The number of nitrogens with one attached hydrogen (secondary N) is 1. The first-order valence-corrected chi connectivity index (χ1v) is 5.86. The number of ether oxygens (including phenoxy) is 1. The van der Waals surface area contributed by atoms with Gasteiger partial charge in [0.05, 0.1) is 6.61 Å². The lowest BCUT2D eigenvalue weighted by Crippen LogP contribution is -2.44. The highest BCUT2D eigenvalue weighted by Gasteiger charge is 2.15. The molecule has 4 nitrogen and oxygen atoms in total. The van der Waals surface area contributed by atoms with Crippen LogP contribution in [-0.2, 0) is 9.53 Å². The Hall–Kier alpha value is -0.610. The van der Waals surface area contributed by atoms with E-state index in [-0.39, 0.29) is 5.97 Å². The molecule has 4 heteroatoms. The number of esters is 1. The molecule has 0 amide bonds. The zero-order chi connectivity index (χ0) is 10.9. The Morgan fingerprint density at radius 1 is 1.60 bits per heavy atom. The summed E-state index contributed by atoms with van der Waals surface area (Å²) in [4.78, 5) is 11.3. The Labute approximate surface area is 91.8 Å². The van der Waals surface area contributed by atoms with Gasteiger partial charge in [0.15, 0.2) is 0 Å². The van der Waals surface area contributed by atoms with E-state index in [0.717, 1.165) is 38.9 Å². The molecular formula is C11H21N2O2. The van der Waals surface area contributed by atoms with Crippen LogP contribution in [0.1, 0.15) is 32.6 Å². The lowest BCUT2D eigenvalue weighted by Gasteiger charge is -2.22. The van der Waals surface area contributed by atoms with Gasteiger partial charge in [-0.3, -0.25) is 4.79 Å². The Morgan fingerprint density at radius 3 is 3.13 bits per heavy atom. The third-order valence-electron chi connectivity index (χ3n) is 2.50. The lowest BCUT2D eigenvalue weighted by atomic mass is 10.1. The maximum atomic E-state index is 11.3. The molecule has 0 aromatic carbocycles. The number of carbonyl (C=O) groups is 1. The van der Waals surface area contributed by atoms with E-state index in [0.29, 0.717) is 19.1 Å². The predicted octanol–water partition coefficient (Wildman–Crippen LogP) is 0.686. The molecule has 1 radical (unpaired) electrons. The van der Waals surface area contributed by atoms with Crippen LogP contribution in [0.3, 0.4) is 0 Å². The maximum absolute atomic E-state index is 11.3. The molecule has 0 aliphatic carbocycles. The molecule has 1 fully saturated rings. The van der Waals surface area contributed by atoms with E-state index in [1.807, 2.05) is 0 Å². The summed E-state index contributed by atoms with van der Waals surface area (Å²) in [6.07, 6.45) is 3.34. The monoisotopic (exact) mass is 213 g/mol. The third kappa shape index (κ3) is 5.74. The van der Waals surface area contributed by atoms with E-state index < -0.39 is 0 Å². The molecular weight excluding hydrogens is 192 g/mol. The molecule has 1 heterocycles. The molecule has 1 saturated heterocycles. The topological polar surface area (TPSA) is 52.4 Å². The lowest BCUT2D eigenvalue weighted by molar-refractivity contribution is -0.144. The van der Waals surface area contributed by atoms with Gasteiger partial charge in [-0.2, -0.15) is 0 Å². The number of piperazine rings is 1. The molecule has 0 bridgehead atoms. The number of carbonyl (C=O) groups excluding carboxylic acids is 1. The molecule has 15 heavy (non-hydrogen) atoms. The van der Waals surface area contributed by atoms with Gasteiger partial charge < -0.3 is 10.1 Å². The van der Waals surface area contributed by atoms with Crippen LogP contribution in [0.4, 0.5) is 0 Å². The normalized spacial score (nSPS) is 21.3. The van der Waals surface area contributed by atoms with Gasteiger partial charge in [0.25, 0.3) is 0 Å². The molecule has 0 spiro atoms. The van der Waals surface area contributed by atoms with E-state index in [4.69, 9.17) is 4.74 Å². The SMILES string of the molecule is CCCCOC(=O)CCC1CNCC[N]1. The first kappa shape index (κ1) is 12.5. The van der Waals surface area contributed by atoms with E-state index in [1.165, 1.54) is 0 Å². The molecule has 0 aromatic rings. The molecule has 0 aromatic heterocycles. The van der Waals surface area contributed by atoms with Crippen molar-refractivity contribution in [2.75, 3.05) is 26.2 Å². The van der Waals surface area contributed by atoms with Gasteiger partial charge in [-0.15, -0.1) is 0 Å². The van der Waals surface area contributed by atoms with Crippen LogP contribution in [0.2, 0.25) is 0 Å². The summed E-state index contributed by atoms with van der Waals surface area (Å²) in [7, 11) is 0. The van der Waals surface area contributed by atoms with Crippen LogP contribution < -0.4 is 10.6 Å². The van der Waals surface area contributed by atoms with Gasteiger partial charge >= 0.3 is 5.97 Å². The van der Waals surface area contributed by atoms with Gasteiger partial charge in [-0.05, 0) is 12.8 Å². The summed E-state index contributed by atoms with van der Waals surface area (Å²) in [5.74, 6) is -0.0794. The minimum absolute atomic E-state index is 0.0794. The van der Waals surface area contributed by atoms with Crippen molar-refractivity contribution in [3.8, 4) is 0 Å². The van der Waals surface area contributed by atoms with E-state index in [1.54, 1.807) is 0 Å². The Kier molecular flexibility index (Phi) is 6.36. The van der Waals surface area contributed by atoms with Crippen molar-refractivity contribution >= 4 is 5.97 Å². The fourth-order valence-electron chi connectivity index (χ4n) is 1.54. The number of nitrogens with zero attached hydrogens (tertiary/aromatic N) is 1.